The number of nitriles is 1. The number of nitrogens with one attached hydrogen (secondary N) is 1. The van der Waals surface area contributed by atoms with Crippen molar-refractivity contribution in [3.63, 3.8) is 0 Å². The summed E-state index contributed by atoms with van der Waals surface area (Å²) in [5.74, 6) is 1.38. The molecule has 5 nitrogen and oxygen atoms in total. The second-order valence-corrected chi connectivity index (χ2v) is 6.40. The van der Waals surface area contributed by atoms with Crippen LogP contribution in [-0.4, -0.2) is 10.2 Å². The first-order valence-electron chi connectivity index (χ1n) is 7.57. The topological polar surface area (TPSA) is 87.7 Å². The largest absolute Gasteiger partial charge is 0.420 e. The third-order valence-electron chi connectivity index (χ3n) is 3.84. The number of aromatic amines is 1. The molecule has 3 N–H and O–H groups in total. The first-order chi connectivity index (χ1) is 11.2. The minimum absolute atomic E-state index is 0.0427. The highest BCUT2D eigenvalue weighted by Gasteiger charge is 2.33. The van der Waals surface area contributed by atoms with Crippen molar-refractivity contribution in [2.75, 3.05) is 0 Å². The van der Waals surface area contributed by atoms with Crippen LogP contribution in [0.1, 0.15) is 36.9 Å². The van der Waals surface area contributed by atoms with E-state index in [1.807, 2.05) is 18.2 Å². The minimum Gasteiger partial charge on any atom is -0.420 e. The molecule has 1 atom stereocenters. The van der Waals surface area contributed by atoms with Gasteiger partial charge in [-0.3, -0.25) is 5.10 Å². The van der Waals surface area contributed by atoms with Crippen LogP contribution in [0.3, 0.4) is 0 Å². The van der Waals surface area contributed by atoms with E-state index >= 15 is 0 Å². The van der Waals surface area contributed by atoms with Gasteiger partial charge in [-0.2, -0.15) is 5.26 Å². The normalized spacial score (nSPS) is 16.6. The predicted octanol–water partition coefficient (Wildman–Crippen LogP) is 3.67. The van der Waals surface area contributed by atoms with Crippen LogP contribution in [0, 0.1) is 11.3 Å². The van der Waals surface area contributed by atoms with Gasteiger partial charge in [0, 0.05) is 22.1 Å². The van der Waals surface area contributed by atoms with Crippen LogP contribution in [-0.2, 0) is 5.75 Å². The van der Waals surface area contributed by atoms with Gasteiger partial charge in [-0.15, -0.1) is 16.9 Å². The van der Waals surface area contributed by atoms with Gasteiger partial charge >= 0.3 is 0 Å². The van der Waals surface area contributed by atoms with E-state index in [1.165, 1.54) is 4.90 Å². The highest BCUT2D eigenvalue weighted by molar-refractivity contribution is 7.98. The monoisotopic (exact) mass is 326 g/mol. The Morgan fingerprint density at radius 1 is 1.39 bits per heavy atom. The van der Waals surface area contributed by atoms with Crippen LogP contribution in [0.25, 0.3) is 0 Å². The van der Waals surface area contributed by atoms with E-state index in [0.717, 1.165) is 29.9 Å². The number of rotatable bonds is 5. The SMILES string of the molecule is CCCC1C(C#N)=C(N)Oc2n[nH]c(CSc3ccccc3)c21. The second kappa shape index (κ2) is 6.80. The molecule has 0 fully saturated rings. The van der Waals surface area contributed by atoms with Gasteiger partial charge in [0.15, 0.2) is 0 Å². The lowest BCUT2D eigenvalue weighted by molar-refractivity contribution is 0.371. The summed E-state index contributed by atoms with van der Waals surface area (Å²) in [5.41, 5.74) is 8.35. The predicted molar refractivity (Wildman–Crippen MR) is 89.7 cm³/mol. The summed E-state index contributed by atoms with van der Waals surface area (Å²) in [6.07, 6.45) is 1.81. The summed E-state index contributed by atoms with van der Waals surface area (Å²) in [5, 5.41) is 16.7. The van der Waals surface area contributed by atoms with E-state index < -0.39 is 0 Å². The zero-order valence-corrected chi connectivity index (χ0v) is 13.7. The van der Waals surface area contributed by atoms with E-state index in [1.54, 1.807) is 11.8 Å². The van der Waals surface area contributed by atoms with Crippen molar-refractivity contribution in [2.45, 2.75) is 36.3 Å². The molecule has 1 aromatic carbocycles. The first kappa shape index (κ1) is 15.5. The van der Waals surface area contributed by atoms with Crippen LogP contribution in [0.15, 0.2) is 46.7 Å². The lowest BCUT2D eigenvalue weighted by Crippen LogP contribution is -2.20. The molecule has 0 amide bonds. The highest BCUT2D eigenvalue weighted by Crippen LogP contribution is 2.42. The average Bonchev–Trinajstić information content (AvgIpc) is 2.97. The van der Waals surface area contributed by atoms with E-state index in [2.05, 4.69) is 35.3 Å². The third-order valence-corrected chi connectivity index (χ3v) is 4.88. The standard InChI is InChI=1S/C17H18N4OS/c1-2-6-12-13(9-18)16(19)22-17-15(12)14(20-21-17)10-23-11-7-4-3-5-8-11/h3-5,7-8,12H,2,6,10,19H2,1H3,(H,20,21). The molecule has 1 aliphatic rings. The molecule has 0 saturated carbocycles. The van der Waals surface area contributed by atoms with E-state index in [-0.39, 0.29) is 11.8 Å². The summed E-state index contributed by atoms with van der Waals surface area (Å²) in [6.45, 7) is 2.10. The average molecular weight is 326 g/mol. The molecule has 3 rings (SSSR count). The lowest BCUT2D eigenvalue weighted by atomic mass is 9.87. The van der Waals surface area contributed by atoms with Crippen molar-refractivity contribution >= 4 is 11.8 Å². The fourth-order valence-electron chi connectivity index (χ4n) is 2.77. The Hall–Kier alpha value is -2.39. The van der Waals surface area contributed by atoms with E-state index in [4.69, 9.17) is 10.5 Å². The summed E-state index contributed by atoms with van der Waals surface area (Å²) < 4.78 is 5.53. The molecule has 0 saturated heterocycles. The lowest BCUT2D eigenvalue weighted by Gasteiger charge is -2.23. The van der Waals surface area contributed by atoms with Crippen molar-refractivity contribution in [3.8, 4) is 11.9 Å². The van der Waals surface area contributed by atoms with Crippen LogP contribution in [0.4, 0.5) is 0 Å². The molecule has 1 aliphatic heterocycles. The van der Waals surface area contributed by atoms with Crippen molar-refractivity contribution in [1.29, 1.82) is 5.26 Å². The number of ether oxygens (including phenoxy) is 1. The molecule has 6 heteroatoms. The summed E-state index contributed by atoms with van der Waals surface area (Å²) in [4.78, 5) is 1.19. The highest BCUT2D eigenvalue weighted by atomic mass is 32.2. The van der Waals surface area contributed by atoms with Crippen LogP contribution in [0.2, 0.25) is 0 Å². The molecule has 0 radical (unpaired) electrons. The Morgan fingerprint density at radius 3 is 2.87 bits per heavy atom. The number of hydrogen-bond donors (Lipinski definition) is 2. The Kier molecular flexibility index (Phi) is 4.58. The maximum atomic E-state index is 9.42. The Morgan fingerprint density at radius 2 is 2.17 bits per heavy atom. The van der Waals surface area contributed by atoms with Gasteiger partial charge in [0.05, 0.1) is 11.3 Å². The number of nitrogens with zero attached hydrogens (tertiary/aromatic N) is 2. The van der Waals surface area contributed by atoms with Crippen LogP contribution < -0.4 is 10.5 Å². The van der Waals surface area contributed by atoms with Gasteiger partial charge in [0.2, 0.25) is 11.8 Å². The maximum Gasteiger partial charge on any atom is 0.243 e. The number of thioether (sulfide) groups is 1. The zero-order valence-electron chi connectivity index (χ0n) is 12.9. The van der Waals surface area contributed by atoms with Crippen molar-refractivity contribution < 1.29 is 4.74 Å². The number of allylic oxidation sites excluding steroid dienone is 1. The van der Waals surface area contributed by atoms with Gasteiger partial charge < -0.3 is 10.5 Å². The molecule has 1 unspecified atom stereocenters. The number of hydrogen-bond acceptors (Lipinski definition) is 5. The smallest absolute Gasteiger partial charge is 0.243 e. The fourth-order valence-corrected chi connectivity index (χ4v) is 3.65. The van der Waals surface area contributed by atoms with Crippen LogP contribution in [0.5, 0.6) is 5.88 Å². The van der Waals surface area contributed by atoms with Gasteiger partial charge in [0.25, 0.3) is 0 Å². The van der Waals surface area contributed by atoms with E-state index in [0.29, 0.717) is 11.5 Å². The Bertz CT molecular complexity index is 761. The molecule has 2 aromatic rings. The molecule has 0 bridgehead atoms. The minimum atomic E-state index is -0.0427. The molecule has 1 aromatic heterocycles. The van der Waals surface area contributed by atoms with Gasteiger partial charge in [0.1, 0.15) is 6.07 Å². The maximum absolute atomic E-state index is 9.42. The summed E-state index contributed by atoms with van der Waals surface area (Å²) >= 11 is 1.72. The quantitative estimate of drug-likeness (QED) is 0.818. The molecule has 2 heterocycles. The van der Waals surface area contributed by atoms with Crippen molar-refractivity contribution in [2.24, 2.45) is 5.73 Å². The fraction of sp³-hybridized carbons (Fsp3) is 0.294. The number of fused-ring (bicyclic) bond motifs is 1. The summed E-state index contributed by atoms with van der Waals surface area (Å²) in [6, 6.07) is 12.4. The van der Waals surface area contributed by atoms with Crippen LogP contribution >= 0.6 is 11.8 Å². The molecular formula is C17H18N4OS. The Labute approximate surface area is 139 Å². The summed E-state index contributed by atoms with van der Waals surface area (Å²) in [7, 11) is 0. The van der Waals surface area contributed by atoms with Gasteiger partial charge in [-0.05, 0) is 18.6 Å². The molecular weight excluding hydrogens is 308 g/mol. The number of aromatic nitrogens is 2. The number of nitrogens with two attached hydrogens (primary N) is 1. The third kappa shape index (κ3) is 3.06. The molecule has 118 valence electrons. The number of H-pyrrole nitrogens is 1. The second-order valence-electron chi connectivity index (χ2n) is 5.36. The molecule has 23 heavy (non-hydrogen) atoms. The van der Waals surface area contributed by atoms with Crippen molar-refractivity contribution in [1.82, 2.24) is 10.2 Å². The Balaban J connectivity index is 1.88. The number of benzene rings is 1. The zero-order chi connectivity index (χ0) is 16.2. The van der Waals surface area contributed by atoms with Gasteiger partial charge in [-0.1, -0.05) is 31.5 Å². The molecule has 0 aliphatic carbocycles. The van der Waals surface area contributed by atoms with Gasteiger partial charge in [-0.25, -0.2) is 0 Å². The first-order valence-corrected chi connectivity index (χ1v) is 8.55. The van der Waals surface area contributed by atoms with E-state index in [9.17, 15) is 5.26 Å². The molecule has 0 spiro atoms. The van der Waals surface area contributed by atoms with Crippen molar-refractivity contribution in [3.05, 3.63) is 53.0 Å².